The van der Waals surface area contributed by atoms with Crippen LogP contribution in [0.15, 0.2) is 24.3 Å². The third kappa shape index (κ3) is 4.39. The number of benzene rings is 1. The van der Waals surface area contributed by atoms with Crippen molar-refractivity contribution in [1.82, 2.24) is 14.7 Å². The lowest BCUT2D eigenvalue weighted by atomic mass is 10.2. The van der Waals surface area contributed by atoms with E-state index in [1.807, 2.05) is 32.8 Å². The SMILES string of the molecule is CCc1c(C)nn(C)c1NC(=O)CN(C)Cc1ccc(F)cc1. The van der Waals surface area contributed by atoms with Gasteiger partial charge in [-0.1, -0.05) is 19.1 Å². The van der Waals surface area contributed by atoms with Gasteiger partial charge in [0.2, 0.25) is 5.91 Å². The standard InChI is InChI=1S/C17H23FN4O/c1-5-15-12(2)20-22(4)17(15)19-16(23)11-21(3)10-13-6-8-14(18)9-7-13/h6-9H,5,10-11H2,1-4H3,(H,19,23). The lowest BCUT2D eigenvalue weighted by molar-refractivity contribution is -0.117. The summed E-state index contributed by atoms with van der Waals surface area (Å²) in [4.78, 5) is 14.1. The molecule has 2 aromatic rings. The molecule has 0 unspecified atom stereocenters. The van der Waals surface area contributed by atoms with Gasteiger partial charge in [-0.15, -0.1) is 0 Å². The molecule has 0 aliphatic rings. The monoisotopic (exact) mass is 318 g/mol. The average molecular weight is 318 g/mol. The number of hydrogen-bond acceptors (Lipinski definition) is 3. The van der Waals surface area contributed by atoms with Gasteiger partial charge in [-0.3, -0.25) is 14.4 Å². The van der Waals surface area contributed by atoms with E-state index in [4.69, 9.17) is 0 Å². The molecule has 0 bridgehead atoms. The molecule has 0 radical (unpaired) electrons. The predicted octanol–water partition coefficient (Wildman–Crippen LogP) is 2.50. The van der Waals surface area contributed by atoms with Gasteiger partial charge in [0.05, 0.1) is 12.2 Å². The van der Waals surface area contributed by atoms with Crippen LogP contribution in [0.1, 0.15) is 23.7 Å². The topological polar surface area (TPSA) is 50.2 Å². The van der Waals surface area contributed by atoms with Crippen LogP contribution in [0.4, 0.5) is 10.2 Å². The Bertz CT molecular complexity index is 679. The number of amides is 1. The van der Waals surface area contributed by atoms with Gasteiger partial charge in [0.25, 0.3) is 0 Å². The molecular formula is C17H23FN4O. The fourth-order valence-corrected chi connectivity index (χ4v) is 2.66. The molecule has 0 saturated heterocycles. The zero-order valence-electron chi connectivity index (χ0n) is 14.1. The highest BCUT2D eigenvalue weighted by molar-refractivity contribution is 5.92. The number of carbonyl (C=O) groups excluding carboxylic acids is 1. The normalized spacial score (nSPS) is 11.0. The Morgan fingerprint density at radius 1 is 1.35 bits per heavy atom. The minimum atomic E-state index is -0.257. The van der Waals surface area contributed by atoms with Crippen LogP contribution in [0.5, 0.6) is 0 Å². The van der Waals surface area contributed by atoms with Gasteiger partial charge < -0.3 is 5.32 Å². The second-order valence-electron chi connectivity index (χ2n) is 5.74. The summed E-state index contributed by atoms with van der Waals surface area (Å²) in [6, 6.07) is 6.30. The molecule has 6 heteroatoms. The quantitative estimate of drug-likeness (QED) is 0.890. The molecule has 2 rings (SSSR count). The van der Waals surface area contributed by atoms with Crippen LogP contribution in [0.25, 0.3) is 0 Å². The van der Waals surface area contributed by atoms with Gasteiger partial charge >= 0.3 is 0 Å². The second-order valence-corrected chi connectivity index (χ2v) is 5.74. The van der Waals surface area contributed by atoms with Crippen molar-refractivity contribution in [2.75, 3.05) is 18.9 Å². The van der Waals surface area contributed by atoms with Crippen LogP contribution in [0, 0.1) is 12.7 Å². The third-order valence-corrected chi connectivity index (χ3v) is 3.74. The molecule has 0 fully saturated rings. The number of nitrogens with one attached hydrogen (secondary N) is 1. The minimum absolute atomic E-state index is 0.0905. The summed E-state index contributed by atoms with van der Waals surface area (Å²) in [6.45, 7) is 4.82. The first-order valence-corrected chi connectivity index (χ1v) is 7.66. The molecule has 0 atom stereocenters. The van der Waals surface area contributed by atoms with Crippen molar-refractivity contribution in [3.05, 3.63) is 46.9 Å². The summed E-state index contributed by atoms with van der Waals surface area (Å²) in [5.74, 6) is 0.408. The maximum Gasteiger partial charge on any atom is 0.239 e. The Balaban J connectivity index is 1.95. The fraction of sp³-hybridized carbons (Fsp3) is 0.412. The smallest absolute Gasteiger partial charge is 0.239 e. The van der Waals surface area contributed by atoms with E-state index in [1.165, 1.54) is 12.1 Å². The summed E-state index contributed by atoms with van der Waals surface area (Å²) >= 11 is 0. The fourth-order valence-electron chi connectivity index (χ4n) is 2.66. The molecule has 0 spiro atoms. The Morgan fingerprint density at radius 2 is 2.00 bits per heavy atom. The van der Waals surface area contributed by atoms with Gasteiger partial charge in [0.15, 0.2) is 0 Å². The molecular weight excluding hydrogens is 295 g/mol. The third-order valence-electron chi connectivity index (χ3n) is 3.74. The first-order chi connectivity index (χ1) is 10.9. The average Bonchev–Trinajstić information content (AvgIpc) is 2.75. The Hall–Kier alpha value is -2.21. The van der Waals surface area contributed by atoms with Crippen molar-refractivity contribution in [2.24, 2.45) is 7.05 Å². The number of anilines is 1. The number of likely N-dealkylation sites (N-methyl/N-ethyl adjacent to an activating group) is 1. The van der Waals surface area contributed by atoms with Crippen molar-refractivity contribution in [1.29, 1.82) is 0 Å². The Morgan fingerprint density at radius 3 is 2.61 bits per heavy atom. The minimum Gasteiger partial charge on any atom is -0.310 e. The van der Waals surface area contributed by atoms with Gasteiger partial charge in [-0.05, 0) is 38.1 Å². The maximum absolute atomic E-state index is 12.9. The van der Waals surface area contributed by atoms with Crippen LogP contribution in [0.3, 0.4) is 0 Å². The zero-order chi connectivity index (χ0) is 17.0. The van der Waals surface area contributed by atoms with E-state index >= 15 is 0 Å². The maximum atomic E-state index is 12.9. The second kappa shape index (κ2) is 7.37. The molecule has 5 nitrogen and oxygen atoms in total. The number of halogens is 1. The molecule has 1 N–H and O–H groups in total. The molecule has 0 aliphatic carbocycles. The number of aryl methyl sites for hydroxylation is 2. The lowest BCUT2D eigenvalue weighted by Gasteiger charge is -2.17. The van der Waals surface area contributed by atoms with Crippen molar-refractivity contribution in [2.45, 2.75) is 26.8 Å². The molecule has 0 aliphatic heterocycles. The Kier molecular flexibility index (Phi) is 5.50. The van der Waals surface area contributed by atoms with E-state index in [2.05, 4.69) is 10.4 Å². The van der Waals surface area contributed by atoms with E-state index in [0.717, 1.165) is 29.1 Å². The van der Waals surface area contributed by atoms with Gasteiger partial charge in [0, 0.05) is 19.2 Å². The first-order valence-electron chi connectivity index (χ1n) is 7.66. The summed E-state index contributed by atoms with van der Waals surface area (Å²) in [5, 5.41) is 7.28. The van der Waals surface area contributed by atoms with Crippen LogP contribution >= 0.6 is 0 Å². The van der Waals surface area contributed by atoms with Crippen molar-refractivity contribution >= 4 is 11.7 Å². The van der Waals surface area contributed by atoms with E-state index < -0.39 is 0 Å². The molecule has 1 heterocycles. The van der Waals surface area contributed by atoms with Crippen LogP contribution in [-0.4, -0.2) is 34.2 Å². The number of hydrogen-bond donors (Lipinski definition) is 1. The number of nitrogens with zero attached hydrogens (tertiary/aromatic N) is 3. The summed E-state index contributed by atoms with van der Waals surface area (Å²) in [6.07, 6.45) is 0.820. The first kappa shape index (κ1) is 17.1. The van der Waals surface area contributed by atoms with E-state index in [-0.39, 0.29) is 18.3 Å². The molecule has 1 aromatic heterocycles. The molecule has 23 heavy (non-hydrogen) atoms. The van der Waals surface area contributed by atoms with Gasteiger partial charge in [-0.2, -0.15) is 5.10 Å². The molecule has 124 valence electrons. The number of carbonyl (C=O) groups is 1. The highest BCUT2D eigenvalue weighted by Gasteiger charge is 2.15. The van der Waals surface area contributed by atoms with Gasteiger partial charge in [0.1, 0.15) is 11.6 Å². The Labute approximate surface area is 136 Å². The van der Waals surface area contributed by atoms with Crippen molar-refractivity contribution in [3.8, 4) is 0 Å². The van der Waals surface area contributed by atoms with Crippen LogP contribution < -0.4 is 5.32 Å². The molecule has 0 saturated carbocycles. The molecule has 1 amide bonds. The largest absolute Gasteiger partial charge is 0.310 e. The molecule has 1 aromatic carbocycles. The van der Waals surface area contributed by atoms with Crippen LogP contribution in [-0.2, 0) is 24.8 Å². The predicted molar refractivity (Wildman–Crippen MR) is 88.7 cm³/mol. The number of aromatic nitrogens is 2. The highest BCUT2D eigenvalue weighted by Crippen LogP contribution is 2.19. The summed E-state index contributed by atoms with van der Waals surface area (Å²) in [7, 11) is 3.68. The highest BCUT2D eigenvalue weighted by atomic mass is 19.1. The van der Waals surface area contributed by atoms with Crippen molar-refractivity contribution < 1.29 is 9.18 Å². The van der Waals surface area contributed by atoms with Gasteiger partial charge in [-0.25, -0.2) is 4.39 Å². The van der Waals surface area contributed by atoms with E-state index in [1.54, 1.807) is 16.8 Å². The van der Waals surface area contributed by atoms with E-state index in [0.29, 0.717) is 6.54 Å². The summed E-state index contributed by atoms with van der Waals surface area (Å²) < 4.78 is 14.6. The number of rotatable bonds is 6. The lowest BCUT2D eigenvalue weighted by Crippen LogP contribution is -2.30. The zero-order valence-corrected chi connectivity index (χ0v) is 14.1. The summed E-state index contributed by atoms with van der Waals surface area (Å²) in [5.41, 5.74) is 2.96. The van der Waals surface area contributed by atoms with E-state index in [9.17, 15) is 9.18 Å². The van der Waals surface area contributed by atoms with Crippen LogP contribution in [0.2, 0.25) is 0 Å². The van der Waals surface area contributed by atoms with Crippen molar-refractivity contribution in [3.63, 3.8) is 0 Å².